The number of nitrogens with two attached hydrogens (primary N) is 4. The molecule has 5 aliphatic carbocycles. The normalized spacial score (nSPS) is 34.2. The van der Waals surface area contributed by atoms with Crippen LogP contribution in [0.1, 0.15) is 137 Å². The number of carboxylic acids is 1. The van der Waals surface area contributed by atoms with Crippen molar-refractivity contribution in [2.45, 2.75) is 163 Å². The maximum atomic E-state index is 14.7. The number of carbonyl (C=O) groups excluding carboxylic acids is 3. The number of amides is 2. The third-order valence-corrected chi connectivity index (χ3v) is 17.9. The Labute approximate surface area is 384 Å². The van der Waals surface area contributed by atoms with Crippen molar-refractivity contribution in [3.05, 3.63) is 24.0 Å². The van der Waals surface area contributed by atoms with Crippen molar-refractivity contribution < 1.29 is 34.1 Å². The molecule has 0 aliphatic heterocycles. The van der Waals surface area contributed by atoms with Crippen LogP contribution in [0.2, 0.25) is 0 Å². The maximum Gasteiger partial charge on any atom is 0.326 e. The molecular weight excluding hydrogens is 831 g/mol. The molecule has 5 saturated carbocycles. The molecule has 6 rings (SSSR count). The molecule has 12 N–H and O–H groups in total. The lowest BCUT2D eigenvalue weighted by atomic mass is 9.32. The summed E-state index contributed by atoms with van der Waals surface area (Å²) < 4.78 is 7.50. The summed E-state index contributed by atoms with van der Waals surface area (Å²) in [7, 11) is 0. The van der Waals surface area contributed by atoms with Gasteiger partial charge in [-0.1, -0.05) is 52.0 Å². The summed E-state index contributed by atoms with van der Waals surface area (Å²) in [6.45, 7) is 18.8. The van der Waals surface area contributed by atoms with Gasteiger partial charge in [0.1, 0.15) is 30.9 Å². The third-order valence-electron chi connectivity index (χ3n) is 17.9. The number of fused-ring (bicyclic) bond motifs is 7. The van der Waals surface area contributed by atoms with E-state index >= 15 is 0 Å². The molecule has 18 heteroatoms. The number of rotatable bonds is 18. The molecule has 0 unspecified atom stereocenters. The van der Waals surface area contributed by atoms with Crippen LogP contribution < -0.4 is 33.6 Å². The van der Waals surface area contributed by atoms with Crippen LogP contribution in [-0.4, -0.2) is 92.2 Å². The number of ether oxygens (including phenoxy) is 1. The highest BCUT2D eigenvalue weighted by molar-refractivity contribution is 5.90. The molecular formula is C47H77N11O7. The Bertz CT molecular complexity index is 2010. The number of guanidine groups is 2. The van der Waals surface area contributed by atoms with Gasteiger partial charge in [0.25, 0.3) is 0 Å². The number of aliphatic carboxylic acids is 1. The molecule has 1 heterocycles. The highest BCUT2D eigenvalue weighted by Crippen LogP contribution is 2.77. The number of aliphatic hydroxyl groups is 1. The second-order valence-electron chi connectivity index (χ2n) is 21.6. The number of hydrogen-bond acceptors (Lipinski definition) is 10. The van der Waals surface area contributed by atoms with Gasteiger partial charge in [0.05, 0.1) is 17.7 Å². The van der Waals surface area contributed by atoms with Gasteiger partial charge >= 0.3 is 11.9 Å². The quantitative estimate of drug-likeness (QED) is 0.0344. The number of aliphatic hydroxyl groups excluding tert-OH is 1. The zero-order valence-electron chi connectivity index (χ0n) is 39.6. The average Bonchev–Trinajstić information content (AvgIpc) is 3.86. The first kappa shape index (κ1) is 49.7. The van der Waals surface area contributed by atoms with Crippen molar-refractivity contribution in [3.63, 3.8) is 0 Å². The SMILES string of the molecule is C=C(C)[C@@H]1CC[C@]2(C(=O)OCc3cn(CC(=O)N[C@@H](CCCN=C(N)N)C(=O)N[C@@H](CCCN=C(N)N)C(=O)O)nn3)CC[C@]3(C)[C@H](CC[C@@H]4[C@@]5(C)CC[C@H](O)C(C)(C)[C@@H]5CC[C@]43C)[C@@H]12. The van der Waals surface area contributed by atoms with E-state index in [4.69, 9.17) is 27.7 Å². The van der Waals surface area contributed by atoms with E-state index in [1.807, 2.05) is 0 Å². The topological polar surface area (TPSA) is 302 Å². The summed E-state index contributed by atoms with van der Waals surface area (Å²) in [5.41, 5.74) is 22.7. The summed E-state index contributed by atoms with van der Waals surface area (Å²) in [5, 5.41) is 34.4. The van der Waals surface area contributed by atoms with Gasteiger partial charge in [0.2, 0.25) is 11.8 Å². The van der Waals surface area contributed by atoms with E-state index in [0.29, 0.717) is 36.3 Å². The van der Waals surface area contributed by atoms with E-state index in [-0.39, 0.29) is 96.6 Å². The second-order valence-corrected chi connectivity index (χ2v) is 21.6. The number of carboxylic acid groups (broad SMARTS) is 1. The maximum absolute atomic E-state index is 14.7. The standard InChI is InChI=1S/C47H77N11O7/c1-27(2)29-14-19-47(21-20-45(6)30(37(29)47)12-13-34-44(5)17-16-35(59)43(3,4)33(44)15-18-46(34,45)7)40(64)65-26-28-24-58(57-56-28)25-36(60)54-31(10-8-22-52-41(48)49)38(61)55-32(39(62)63)11-9-23-53-42(50)51/h24,29-35,37,59H,1,8-23,25-26H2,2-7H3,(H,54,60)(H,55,61)(H,62,63)(H4,48,49,52)(H4,50,51,53)/t29-,30+,31-,32-,33-,34+,35-,37+,44-,45+,46+,47-/m0/s1. The van der Waals surface area contributed by atoms with Gasteiger partial charge < -0.3 is 48.5 Å². The van der Waals surface area contributed by atoms with Gasteiger partial charge in [0, 0.05) is 13.1 Å². The second kappa shape index (κ2) is 19.2. The molecule has 0 saturated heterocycles. The van der Waals surface area contributed by atoms with E-state index in [1.165, 1.54) is 4.68 Å². The van der Waals surface area contributed by atoms with Gasteiger partial charge in [0.15, 0.2) is 11.9 Å². The highest BCUT2D eigenvalue weighted by Gasteiger charge is 2.72. The molecule has 0 bridgehead atoms. The lowest BCUT2D eigenvalue weighted by Gasteiger charge is -2.72. The molecule has 5 fully saturated rings. The van der Waals surface area contributed by atoms with Crippen molar-refractivity contribution in [2.75, 3.05) is 13.1 Å². The molecule has 1 aromatic rings. The van der Waals surface area contributed by atoms with Crippen LogP contribution in [-0.2, 0) is 37.1 Å². The van der Waals surface area contributed by atoms with Gasteiger partial charge in [-0.05, 0) is 148 Å². The minimum atomic E-state index is -1.25. The van der Waals surface area contributed by atoms with E-state index in [1.54, 1.807) is 6.20 Å². The summed E-state index contributed by atoms with van der Waals surface area (Å²) in [6, 6.07) is -2.35. The van der Waals surface area contributed by atoms with Crippen molar-refractivity contribution in [1.29, 1.82) is 0 Å². The van der Waals surface area contributed by atoms with Gasteiger partial charge in [-0.15, -0.1) is 5.10 Å². The lowest BCUT2D eigenvalue weighted by molar-refractivity contribution is -0.248. The third kappa shape index (κ3) is 9.60. The van der Waals surface area contributed by atoms with Crippen molar-refractivity contribution in [1.82, 2.24) is 25.6 Å². The Morgan fingerprint density at radius 2 is 1.52 bits per heavy atom. The molecule has 0 spiro atoms. The van der Waals surface area contributed by atoms with Crippen LogP contribution in [0.4, 0.5) is 0 Å². The summed E-state index contributed by atoms with van der Waals surface area (Å²) >= 11 is 0. The van der Waals surface area contributed by atoms with Crippen molar-refractivity contribution in [3.8, 4) is 0 Å². The monoisotopic (exact) mass is 908 g/mol. The fourth-order valence-electron chi connectivity index (χ4n) is 14.4. The molecule has 0 aromatic carbocycles. The Kier molecular flexibility index (Phi) is 14.7. The van der Waals surface area contributed by atoms with Gasteiger partial charge in [-0.3, -0.25) is 24.4 Å². The summed E-state index contributed by atoms with van der Waals surface area (Å²) in [5.74, 6) is -1.22. The van der Waals surface area contributed by atoms with Crippen LogP contribution in [0, 0.1) is 56.7 Å². The fraction of sp³-hybridized carbons (Fsp3) is 0.787. The number of nitrogens with one attached hydrogen (secondary N) is 2. The van der Waals surface area contributed by atoms with E-state index in [2.05, 4.69) is 79.1 Å². The van der Waals surface area contributed by atoms with Crippen LogP contribution in [0.5, 0.6) is 0 Å². The molecule has 18 nitrogen and oxygen atoms in total. The molecule has 65 heavy (non-hydrogen) atoms. The first-order chi connectivity index (χ1) is 30.5. The number of aromatic nitrogens is 3. The number of esters is 1. The highest BCUT2D eigenvalue weighted by atomic mass is 16.5. The summed E-state index contributed by atoms with van der Waals surface area (Å²) in [4.78, 5) is 61.1. The average molecular weight is 908 g/mol. The van der Waals surface area contributed by atoms with E-state index < -0.39 is 35.3 Å². The number of carbonyl (C=O) groups is 4. The molecule has 2 amide bonds. The Morgan fingerprint density at radius 1 is 0.862 bits per heavy atom. The predicted molar refractivity (Wildman–Crippen MR) is 246 cm³/mol. The van der Waals surface area contributed by atoms with Gasteiger partial charge in [-0.2, -0.15) is 0 Å². The number of nitrogens with zero attached hydrogens (tertiary/aromatic N) is 5. The van der Waals surface area contributed by atoms with Crippen LogP contribution in [0.25, 0.3) is 0 Å². The lowest BCUT2D eigenvalue weighted by Crippen LogP contribution is -2.67. The first-order valence-corrected chi connectivity index (χ1v) is 23.8. The zero-order valence-corrected chi connectivity index (χ0v) is 39.6. The van der Waals surface area contributed by atoms with Crippen LogP contribution in [0.15, 0.2) is 28.3 Å². The molecule has 12 atom stereocenters. The molecule has 0 radical (unpaired) electrons. The largest absolute Gasteiger partial charge is 0.480 e. The van der Waals surface area contributed by atoms with E-state index in [9.17, 15) is 29.4 Å². The molecule has 1 aromatic heterocycles. The van der Waals surface area contributed by atoms with Crippen LogP contribution in [0.3, 0.4) is 0 Å². The minimum absolute atomic E-state index is 0.0410. The Hall–Kier alpha value is -4.74. The predicted octanol–water partition coefficient (Wildman–Crippen LogP) is 3.50. The smallest absolute Gasteiger partial charge is 0.326 e. The number of aliphatic imine (C=N–C) groups is 2. The minimum Gasteiger partial charge on any atom is -0.480 e. The molecule has 362 valence electrons. The Morgan fingerprint density at radius 3 is 2.15 bits per heavy atom. The summed E-state index contributed by atoms with van der Waals surface area (Å²) in [6.07, 6.45) is 11.8. The van der Waals surface area contributed by atoms with E-state index in [0.717, 1.165) is 69.8 Å². The Balaban J connectivity index is 1.11. The zero-order chi connectivity index (χ0) is 47.7. The molecule has 5 aliphatic rings. The van der Waals surface area contributed by atoms with Crippen LogP contribution >= 0.6 is 0 Å². The van der Waals surface area contributed by atoms with Gasteiger partial charge in [-0.25, -0.2) is 9.48 Å². The van der Waals surface area contributed by atoms with Crippen molar-refractivity contribution >= 4 is 35.7 Å². The number of allylic oxidation sites excluding steroid dienone is 1. The fourth-order valence-corrected chi connectivity index (χ4v) is 14.4. The number of hydrogen-bond donors (Lipinski definition) is 8. The first-order valence-electron chi connectivity index (χ1n) is 23.8. The van der Waals surface area contributed by atoms with Crippen molar-refractivity contribution in [2.24, 2.45) is 89.6 Å².